The molecule has 0 amide bonds. The van der Waals surface area contributed by atoms with Gasteiger partial charge in [0.2, 0.25) is 0 Å². The number of rotatable bonds is 11. The van der Waals surface area contributed by atoms with Crippen molar-refractivity contribution in [3.63, 3.8) is 0 Å². The van der Waals surface area contributed by atoms with Crippen LogP contribution in [0.5, 0.6) is 0 Å². The first-order chi connectivity index (χ1) is 9.20. The van der Waals surface area contributed by atoms with Gasteiger partial charge in [0.05, 0.1) is 0 Å². The molecule has 0 atom stereocenters. The molecule has 14 heteroatoms. The summed E-state index contributed by atoms with van der Waals surface area (Å²) < 4.78 is 0. The number of aliphatic carboxylic acids is 4. The number of carbonyl (C=O) groups excluding carboxylic acids is 4. The maximum atomic E-state index is 10.5. The molecule has 8 nitrogen and oxygen atoms in total. The molecule has 0 saturated carbocycles. The minimum Gasteiger partial charge on any atom is -0.550 e. The molecule has 0 bridgehead atoms. The molecule has 0 fully saturated rings. The Bertz CT molecular complexity index is 331. The van der Waals surface area contributed by atoms with Gasteiger partial charge in [-0.15, -0.1) is 0 Å². The second-order valence-corrected chi connectivity index (χ2v) is 8.75. The summed E-state index contributed by atoms with van der Waals surface area (Å²) in [5.74, 6) is -5.61. The SMILES string of the molecule is O=C([O-])CP(CCP(CC(=O)[O-])CC(=O)[O-])CC(=O)[O-].[Na+].[Na+].[Na+].[Na+]. The van der Waals surface area contributed by atoms with E-state index in [0.717, 1.165) is 0 Å². The number of carboxylic acids is 4. The van der Waals surface area contributed by atoms with Crippen molar-refractivity contribution in [2.45, 2.75) is 0 Å². The third-order valence-corrected chi connectivity index (χ3v) is 7.03. The average molecular weight is 414 g/mol. The number of hydrogen-bond donors (Lipinski definition) is 0. The zero-order valence-corrected chi connectivity index (χ0v) is 24.2. The van der Waals surface area contributed by atoms with Crippen molar-refractivity contribution in [1.29, 1.82) is 0 Å². The van der Waals surface area contributed by atoms with E-state index in [0.29, 0.717) is 0 Å². The second-order valence-electron chi connectivity index (χ2n) is 3.91. The van der Waals surface area contributed by atoms with Crippen LogP contribution in [0.2, 0.25) is 0 Å². The third kappa shape index (κ3) is 24.7. The predicted octanol–water partition coefficient (Wildman–Crippen LogP) is -17.0. The Labute approximate surface area is 230 Å². The molecule has 0 rings (SSSR count). The van der Waals surface area contributed by atoms with E-state index < -0.39 is 64.4 Å². The van der Waals surface area contributed by atoms with Crippen molar-refractivity contribution in [1.82, 2.24) is 0 Å². The van der Waals surface area contributed by atoms with Crippen LogP contribution in [0.25, 0.3) is 0 Å². The Morgan fingerprint density at radius 2 is 0.667 bits per heavy atom. The third-order valence-electron chi connectivity index (χ3n) is 2.14. The zero-order valence-electron chi connectivity index (χ0n) is 14.4. The molecule has 0 spiro atoms. The molecule has 0 heterocycles. The first-order valence-corrected chi connectivity index (χ1v) is 9.24. The first-order valence-electron chi connectivity index (χ1n) is 5.44. The molecule has 0 aliphatic heterocycles. The summed E-state index contributed by atoms with van der Waals surface area (Å²) >= 11 is 0. The Morgan fingerprint density at radius 3 is 0.792 bits per heavy atom. The molecule has 0 aliphatic rings. The Morgan fingerprint density at radius 1 is 0.500 bits per heavy atom. The molecule has 0 saturated heterocycles. The van der Waals surface area contributed by atoms with E-state index in [4.69, 9.17) is 0 Å². The van der Waals surface area contributed by atoms with Crippen LogP contribution in [0.15, 0.2) is 0 Å². The summed E-state index contributed by atoms with van der Waals surface area (Å²) in [7, 11) is -2.91. The van der Waals surface area contributed by atoms with Gasteiger partial charge in [-0.1, -0.05) is 15.8 Å². The van der Waals surface area contributed by atoms with E-state index in [2.05, 4.69) is 0 Å². The topological polar surface area (TPSA) is 161 Å². The van der Waals surface area contributed by atoms with E-state index in [9.17, 15) is 39.6 Å². The van der Waals surface area contributed by atoms with Crippen LogP contribution in [-0.4, -0.2) is 60.8 Å². The summed E-state index contributed by atoms with van der Waals surface area (Å²) in [6.07, 6.45) is -1.51. The molecule has 0 aromatic heterocycles. The van der Waals surface area contributed by atoms with Crippen LogP contribution in [0.3, 0.4) is 0 Å². The zero-order chi connectivity index (χ0) is 15.7. The average Bonchev–Trinajstić information content (AvgIpc) is 2.22. The van der Waals surface area contributed by atoms with Crippen molar-refractivity contribution in [3.8, 4) is 0 Å². The van der Waals surface area contributed by atoms with Gasteiger partial charge in [-0.3, -0.25) is 0 Å². The standard InChI is InChI=1S/C10H16O8P2.4Na/c11-7(12)3-19(4-8(13)14)1-2-20(5-9(15)16)6-10(17)18;;;;/h1-6H2,(H,11,12)(H,13,14)(H,15,16)(H,17,18);;;;/q;4*+1/p-4. The van der Waals surface area contributed by atoms with E-state index >= 15 is 0 Å². The van der Waals surface area contributed by atoms with Gasteiger partial charge in [0.25, 0.3) is 0 Å². The fourth-order valence-corrected chi connectivity index (χ4v) is 6.02. The van der Waals surface area contributed by atoms with Gasteiger partial charge in [-0.05, 0) is 12.3 Å². The molecule has 0 N–H and O–H groups in total. The maximum Gasteiger partial charge on any atom is 1.00 e. The van der Waals surface area contributed by atoms with Gasteiger partial charge in [0, 0.05) is 48.5 Å². The van der Waals surface area contributed by atoms with Crippen molar-refractivity contribution >= 4 is 39.7 Å². The minimum absolute atomic E-state index is 0. The van der Waals surface area contributed by atoms with Crippen LogP contribution in [0, 0.1) is 0 Å². The van der Waals surface area contributed by atoms with E-state index in [1.807, 2.05) is 0 Å². The fraction of sp³-hybridized carbons (Fsp3) is 0.600. The molecule has 0 radical (unpaired) electrons. The monoisotopic (exact) mass is 414 g/mol. The van der Waals surface area contributed by atoms with Crippen molar-refractivity contribution in [2.75, 3.05) is 37.0 Å². The predicted molar refractivity (Wildman–Crippen MR) is 63.1 cm³/mol. The van der Waals surface area contributed by atoms with E-state index in [1.54, 1.807) is 0 Å². The Hall–Kier alpha value is 2.74. The van der Waals surface area contributed by atoms with Crippen LogP contribution in [0.1, 0.15) is 0 Å². The van der Waals surface area contributed by atoms with Gasteiger partial charge in [-0.2, -0.15) is 0 Å². The van der Waals surface area contributed by atoms with Gasteiger partial charge in [0.15, 0.2) is 0 Å². The van der Waals surface area contributed by atoms with Crippen LogP contribution in [0.4, 0.5) is 0 Å². The fourth-order valence-electron chi connectivity index (χ4n) is 1.44. The molecular weight excluding hydrogens is 402 g/mol. The van der Waals surface area contributed by atoms with Gasteiger partial charge >= 0.3 is 118 Å². The maximum absolute atomic E-state index is 10.5. The Kier molecular flexibility index (Phi) is 34.4. The summed E-state index contributed by atoms with van der Waals surface area (Å²) in [6.45, 7) is 0. The van der Waals surface area contributed by atoms with E-state index in [-0.39, 0.29) is 131 Å². The van der Waals surface area contributed by atoms with Crippen molar-refractivity contribution in [3.05, 3.63) is 0 Å². The number of carbonyl (C=O) groups is 4. The van der Waals surface area contributed by atoms with Crippen LogP contribution >= 0.6 is 15.8 Å². The minimum atomic E-state index is -1.46. The number of carboxylic acid groups (broad SMARTS) is 4. The smallest absolute Gasteiger partial charge is 0.550 e. The summed E-state index contributed by atoms with van der Waals surface area (Å²) in [5, 5.41) is 41.9. The largest absolute Gasteiger partial charge is 1.00 e. The van der Waals surface area contributed by atoms with Crippen LogP contribution < -0.4 is 139 Å². The normalized spacial score (nSPS) is 8.92. The molecule has 114 valence electrons. The van der Waals surface area contributed by atoms with Crippen LogP contribution in [-0.2, 0) is 19.2 Å². The summed E-state index contributed by atoms with van der Waals surface area (Å²) in [5.41, 5.74) is 0. The van der Waals surface area contributed by atoms with Gasteiger partial charge in [0.1, 0.15) is 0 Å². The Balaban J connectivity index is -0.000000301. The second kappa shape index (κ2) is 22.0. The van der Waals surface area contributed by atoms with Crippen molar-refractivity contribution < 1.29 is 158 Å². The molecule has 0 aromatic carbocycles. The molecule has 0 unspecified atom stereocenters. The first kappa shape index (κ1) is 37.5. The molecule has 0 aliphatic carbocycles. The summed E-state index contributed by atoms with van der Waals surface area (Å²) in [6, 6.07) is 0. The van der Waals surface area contributed by atoms with E-state index in [1.165, 1.54) is 0 Å². The van der Waals surface area contributed by atoms with Gasteiger partial charge in [-0.25, -0.2) is 0 Å². The van der Waals surface area contributed by atoms with Crippen molar-refractivity contribution in [2.24, 2.45) is 0 Å². The molecule has 24 heavy (non-hydrogen) atoms. The van der Waals surface area contributed by atoms with Gasteiger partial charge < -0.3 is 39.6 Å². The quantitative estimate of drug-likeness (QED) is 0.238. The molecule has 0 aromatic rings. The summed E-state index contributed by atoms with van der Waals surface area (Å²) in [4.78, 5) is 41.9. The molecular formula is C10H12Na4O8P2. The number of hydrogen-bond acceptors (Lipinski definition) is 8.